The number of nitrogens with one attached hydrogen (secondary N) is 3. The number of hydrogen-bond donors (Lipinski definition) is 3. The molecule has 172 valence electrons. The molecule has 0 heterocycles. The summed E-state index contributed by atoms with van der Waals surface area (Å²) in [5.74, 6) is -1.61. The molecule has 2 aromatic rings. The Kier molecular flexibility index (Phi) is 8.58. The topological polar surface area (TPSA) is 140 Å². The summed E-state index contributed by atoms with van der Waals surface area (Å²) >= 11 is 5.74. The van der Waals surface area contributed by atoms with Crippen LogP contribution in [-0.2, 0) is 29.1 Å². The quantitative estimate of drug-likeness (QED) is 0.464. The smallest absolute Gasteiger partial charge is 0.324 e. The van der Waals surface area contributed by atoms with Gasteiger partial charge < -0.3 is 20.1 Å². The first-order valence-corrected chi connectivity index (χ1v) is 11.1. The molecule has 0 unspecified atom stereocenters. The SMILES string of the molecule is COc1ccc(NC(C)=O)cc1NC(=O)COC(=O)[C@H](C)NS(=O)(=O)c1ccc(Cl)cc1. The van der Waals surface area contributed by atoms with Gasteiger partial charge in [0.05, 0.1) is 17.7 Å². The minimum atomic E-state index is -3.99. The van der Waals surface area contributed by atoms with Crippen molar-refractivity contribution in [3.63, 3.8) is 0 Å². The third-order valence-corrected chi connectivity index (χ3v) is 5.76. The van der Waals surface area contributed by atoms with E-state index < -0.39 is 34.5 Å². The first-order valence-electron chi connectivity index (χ1n) is 9.22. The van der Waals surface area contributed by atoms with Gasteiger partial charge in [0.15, 0.2) is 6.61 Å². The molecule has 0 saturated carbocycles. The van der Waals surface area contributed by atoms with Crippen molar-refractivity contribution in [3.05, 3.63) is 47.5 Å². The highest BCUT2D eigenvalue weighted by Crippen LogP contribution is 2.27. The molecule has 0 radical (unpaired) electrons. The molecule has 0 aliphatic rings. The highest BCUT2D eigenvalue weighted by molar-refractivity contribution is 7.89. The fraction of sp³-hybridized carbons (Fsp3) is 0.250. The maximum atomic E-state index is 12.3. The Hall–Kier alpha value is -3.15. The van der Waals surface area contributed by atoms with Crippen LogP contribution in [0.25, 0.3) is 0 Å². The molecule has 1 atom stereocenters. The van der Waals surface area contributed by atoms with Gasteiger partial charge in [-0.1, -0.05) is 11.6 Å². The number of hydrogen-bond acceptors (Lipinski definition) is 7. The van der Waals surface area contributed by atoms with E-state index in [-0.39, 0.29) is 16.5 Å². The first-order chi connectivity index (χ1) is 15.0. The second-order valence-electron chi connectivity index (χ2n) is 6.55. The number of halogens is 1. The lowest BCUT2D eigenvalue weighted by molar-refractivity contribution is -0.148. The molecule has 2 aromatic carbocycles. The van der Waals surface area contributed by atoms with E-state index in [9.17, 15) is 22.8 Å². The number of rotatable bonds is 9. The number of esters is 1. The normalized spacial score (nSPS) is 11.9. The van der Waals surface area contributed by atoms with Gasteiger partial charge in [-0.05, 0) is 49.4 Å². The summed E-state index contributed by atoms with van der Waals surface area (Å²) in [6, 6.07) is 8.74. The molecular formula is C20H22ClN3O7S. The summed E-state index contributed by atoms with van der Waals surface area (Å²) in [6.45, 7) is 1.96. The van der Waals surface area contributed by atoms with Crippen molar-refractivity contribution >= 4 is 50.8 Å². The monoisotopic (exact) mass is 483 g/mol. The number of carbonyl (C=O) groups is 3. The summed E-state index contributed by atoms with van der Waals surface area (Å²) in [7, 11) is -2.59. The summed E-state index contributed by atoms with van der Waals surface area (Å²) in [4.78, 5) is 35.5. The van der Waals surface area contributed by atoms with Crippen LogP contribution in [0.5, 0.6) is 5.75 Å². The lowest BCUT2D eigenvalue weighted by Crippen LogP contribution is -2.40. The van der Waals surface area contributed by atoms with Gasteiger partial charge in [0.1, 0.15) is 11.8 Å². The average molecular weight is 484 g/mol. The Morgan fingerprint density at radius 1 is 1.06 bits per heavy atom. The number of methoxy groups -OCH3 is 1. The molecule has 0 spiro atoms. The summed E-state index contributed by atoms with van der Waals surface area (Å²) in [5, 5.41) is 5.44. The molecule has 10 nitrogen and oxygen atoms in total. The first kappa shape index (κ1) is 25.1. The minimum Gasteiger partial charge on any atom is -0.495 e. The Morgan fingerprint density at radius 3 is 2.31 bits per heavy atom. The zero-order chi connectivity index (χ0) is 23.9. The van der Waals surface area contributed by atoms with Gasteiger partial charge >= 0.3 is 5.97 Å². The molecule has 0 aliphatic carbocycles. The molecule has 2 rings (SSSR count). The van der Waals surface area contributed by atoms with Crippen molar-refractivity contribution in [2.24, 2.45) is 0 Å². The minimum absolute atomic E-state index is 0.0783. The second-order valence-corrected chi connectivity index (χ2v) is 8.70. The standard InChI is InChI=1S/C20H22ClN3O7S/c1-12(24-32(28,29)16-7-4-14(21)5-8-16)20(27)31-11-19(26)23-17-10-15(22-13(2)25)6-9-18(17)30-3/h4-10,12,24H,11H2,1-3H3,(H,22,25)(H,23,26)/t12-/m0/s1. The van der Waals surface area contributed by atoms with E-state index >= 15 is 0 Å². The zero-order valence-electron chi connectivity index (χ0n) is 17.5. The van der Waals surface area contributed by atoms with Crippen molar-refractivity contribution in [1.82, 2.24) is 4.72 Å². The van der Waals surface area contributed by atoms with Gasteiger partial charge in [-0.25, -0.2) is 8.42 Å². The Balaban J connectivity index is 1.95. The molecular weight excluding hydrogens is 462 g/mol. The maximum absolute atomic E-state index is 12.3. The second kappa shape index (κ2) is 10.9. The van der Waals surface area contributed by atoms with Crippen LogP contribution >= 0.6 is 11.6 Å². The number of sulfonamides is 1. The molecule has 12 heteroatoms. The zero-order valence-corrected chi connectivity index (χ0v) is 19.0. The van der Waals surface area contributed by atoms with E-state index in [1.807, 2.05) is 0 Å². The van der Waals surface area contributed by atoms with Crippen molar-refractivity contribution in [2.45, 2.75) is 24.8 Å². The Labute approximate surface area is 190 Å². The van der Waals surface area contributed by atoms with Gasteiger partial charge in [-0.3, -0.25) is 14.4 Å². The fourth-order valence-electron chi connectivity index (χ4n) is 2.50. The fourth-order valence-corrected chi connectivity index (χ4v) is 3.82. The Morgan fingerprint density at radius 2 is 1.72 bits per heavy atom. The number of ether oxygens (including phenoxy) is 2. The van der Waals surface area contributed by atoms with E-state index in [1.165, 1.54) is 51.3 Å². The molecule has 32 heavy (non-hydrogen) atoms. The highest BCUT2D eigenvalue weighted by Gasteiger charge is 2.24. The van der Waals surface area contributed by atoms with Crippen LogP contribution in [0.4, 0.5) is 11.4 Å². The van der Waals surface area contributed by atoms with E-state index in [2.05, 4.69) is 15.4 Å². The van der Waals surface area contributed by atoms with E-state index in [1.54, 1.807) is 12.1 Å². The van der Waals surface area contributed by atoms with Gasteiger partial charge in [0, 0.05) is 17.6 Å². The van der Waals surface area contributed by atoms with E-state index in [0.29, 0.717) is 16.5 Å². The predicted molar refractivity (Wildman–Crippen MR) is 118 cm³/mol. The molecule has 0 saturated heterocycles. The molecule has 0 aliphatic heterocycles. The molecule has 0 aromatic heterocycles. The van der Waals surface area contributed by atoms with Crippen molar-refractivity contribution in [3.8, 4) is 5.75 Å². The highest BCUT2D eigenvalue weighted by atomic mass is 35.5. The van der Waals surface area contributed by atoms with Gasteiger partial charge in [-0.15, -0.1) is 0 Å². The summed E-state index contributed by atoms with van der Waals surface area (Å²) < 4.78 is 36.9. The summed E-state index contributed by atoms with van der Waals surface area (Å²) in [6.07, 6.45) is 0. The van der Waals surface area contributed by atoms with Crippen LogP contribution in [0.3, 0.4) is 0 Å². The van der Waals surface area contributed by atoms with Gasteiger partial charge in [0.2, 0.25) is 15.9 Å². The average Bonchev–Trinajstić information content (AvgIpc) is 2.71. The van der Waals surface area contributed by atoms with Crippen LogP contribution in [0.1, 0.15) is 13.8 Å². The van der Waals surface area contributed by atoms with Gasteiger partial charge in [0.25, 0.3) is 5.91 Å². The predicted octanol–water partition coefficient (Wildman–Crippen LogP) is 2.16. The lowest BCUT2D eigenvalue weighted by atomic mass is 10.2. The number of amides is 2. The largest absolute Gasteiger partial charge is 0.495 e. The Bertz CT molecular complexity index is 1100. The van der Waals surface area contributed by atoms with E-state index in [4.69, 9.17) is 21.1 Å². The third kappa shape index (κ3) is 7.22. The van der Waals surface area contributed by atoms with Gasteiger partial charge in [-0.2, -0.15) is 4.72 Å². The molecule has 0 fully saturated rings. The molecule has 3 N–H and O–H groups in total. The van der Waals surface area contributed by atoms with Crippen LogP contribution in [0.2, 0.25) is 5.02 Å². The van der Waals surface area contributed by atoms with Crippen molar-refractivity contribution in [1.29, 1.82) is 0 Å². The van der Waals surface area contributed by atoms with Crippen LogP contribution < -0.4 is 20.1 Å². The molecule has 2 amide bonds. The molecule has 0 bridgehead atoms. The maximum Gasteiger partial charge on any atom is 0.324 e. The van der Waals surface area contributed by atoms with Crippen LogP contribution in [0, 0.1) is 0 Å². The number of benzene rings is 2. The van der Waals surface area contributed by atoms with Crippen LogP contribution in [0.15, 0.2) is 47.4 Å². The van der Waals surface area contributed by atoms with Crippen molar-refractivity contribution < 1.29 is 32.3 Å². The third-order valence-electron chi connectivity index (χ3n) is 3.95. The number of carbonyl (C=O) groups excluding carboxylic acids is 3. The van der Waals surface area contributed by atoms with Crippen LogP contribution in [-0.4, -0.2) is 46.0 Å². The summed E-state index contributed by atoms with van der Waals surface area (Å²) in [5.41, 5.74) is 0.673. The lowest BCUT2D eigenvalue weighted by Gasteiger charge is -2.15. The number of anilines is 2. The van der Waals surface area contributed by atoms with Crippen molar-refractivity contribution in [2.75, 3.05) is 24.4 Å². The van der Waals surface area contributed by atoms with E-state index in [0.717, 1.165) is 0 Å².